The molecule has 1 aromatic heterocycles. The quantitative estimate of drug-likeness (QED) is 0.485. The standard InChI is InChI=1S/C23H23ClF3N3O2S/c24-18-6-3-15(4-7-18)21(14-1-2-14)17-5-8-20-19(13-17)22(29-28-20)16-9-11-30(12-10-16)33(31,32)23(25,26)27/h3-8,13-14,16,21H,1-2,9-12H2,(H,28,29). The Hall–Kier alpha value is -2.10. The fourth-order valence-electron chi connectivity index (χ4n) is 4.91. The summed E-state index contributed by atoms with van der Waals surface area (Å²) in [5.74, 6) is 0.701. The van der Waals surface area contributed by atoms with Crippen LogP contribution in [0.15, 0.2) is 42.5 Å². The van der Waals surface area contributed by atoms with Crippen LogP contribution in [-0.4, -0.2) is 41.5 Å². The molecule has 1 aliphatic carbocycles. The number of H-pyrrole nitrogens is 1. The third kappa shape index (κ3) is 4.26. The van der Waals surface area contributed by atoms with Crippen LogP contribution in [0.5, 0.6) is 0 Å². The van der Waals surface area contributed by atoms with Gasteiger partial charge >= 0.3 is 15.5 Å². The lowest BCUT2D eigenvalue weighted by molar-refractivity contribution is -0.0494. The fourth-order valence-corrected chi connectivity index (χ4v) is 6.02. The Balaban J connectivity index is 1.42. The number of nitrogens with zero attached hydrogens (tertiary/aromatic N) is 2. The maximum absolute atomic E-state index is 12.9. The summed E-state index contributed by atoms with van der Waals surface area (Å²) in [7, 11) is -5.29. The summed E-state index contributed by atoms with van der Waals surface area (Å²) in [6, 6.07) is 14.1. The lowest BCUT2D eigenvalue weighted by Gasteiger charge is -2.31. The number of sulfonamides is 1. The van der Waals surface area contributed by atoms with Gasteiger partial charge in [-0.25, -0.2) is 8.42 Å². The molecular formula is C23H23ClF3N3O2S. The Kier molecular flexibility index (Phi) is 5.69. The van der Waals surface area contributed by atoms with Crippen LogP contribution in [0, 0.1) is 5.92 Å². The van der Waals surface area contributed by atoms with Gasteiger partial charge < -0.3 is 0 Å². The topological polar surface area (TPSA) is 66.1 Å². The number of benzene rings is 2. The number of aromatic nitrogens is 2. The molecule has 1 N–H and O–H groups in total. The minimum absolute atomic E-state index is 0.108. The van der Waals surface area contributed by atoms with Gasteiger partial charge in [0.2, 0.25) is 0 Å². The third-order valence-corrected chi connectivity index (χ3v) is 8.65. The van der Waals surface area contributed by atoms with Gasteiger partial charge in [0.1, 0.15) is 0 Å². The molecule has 5 nitrogen and oxygen atoms in total. The van der Waals surface area contributed by atoms with Crippen molar-refractivity contribution in [2.45, 2.75) is 43.0 Å². The number of halogens is 4. The second-order valence-corrected chi connectivity index (χ2v) is 11.3. The highest BCUT2D eigenvalue weighted by Crippen LogP contribution is 2.47. The van der Waals surface area contributed by atoms with Crippen LogP contribution in [0.2, 0.25) is 5.02 Å². The first-order chi connectivity index (χ1) is 15.6. The molecule has 1 aliphatic heterocycles. The molecule has 3 aromatic rings. The van der Waals surface area contributed by atoms with Crippen molar-refractivity contribution in [3.63, 3.8) is 0 Å². The summed E-state index contributed by atoms with van der Waals surface area (Å²) in [6.45, 7) is -0.341. The SMILES string of the molecule is O=S(=O)(N1CCC(c2n[nH]c3ccc(C(c4ccc(Cl)cc4)C4CC4)cc23)CC1)C(F)(F)F. The highest BCUT2D eigenvalue weighted by molar-refractivity contribution is 7.90. The van der Waals surface area contributed by atoms with Gasteiger partial charge in [-0.05, 0) is 67.0 Å². The van der Waals surface area contributed by atoms with E-state index >= 15 is 0 Å². The number of piperidine rings is 1. The van der Waals surface area contributed by atoms with E-state index < -0.39 is 15.5 Å². The monoisotopic (exact) mass is 497 g/mol. The second-order valence-electron chi connectivity index (χ2n) is 8.90. The van der Waals surface area contributed by atoms with E-state index in [0.717, 1.165) is 29.4 Å². The van der Waals surface area contributed by atoms with Gasteiger partial charge in [0.25, 0.3) is 0 Å². The van der Waals surface area contributed by atoms with Crippen LogP contribution in [0.3, 0.4) is 0 Å². The molecule has 1 unspecified atom stereocenters. The second kappa shape index (κ2) is 8.29. The van der Waals surface area contributed by atoms with Crippen molar-refractivity contribution in [2.75, 3.05) is 13.1 Å². The highest BCUT2D eigenvalue weighted by atomic mass is 35.5. The predicted molar refractivity (Wildman–Crippen MR) is 121 cm³/mol. The molecule has 5 rings (SSSR count). The summed E-state index contributed by atoms with van der Waals surface area (Å²) in [4.78, 5) is 0. The zero-order valence-corrected chi connectivity index (χ0v) is 19.2. The number of hydrogen-bond donors (Lipinski definition) is 1. The van der Waals surface area contributed by atoms with Crippen molar-refractivity contribution in [1.82, 2.24) is 14.5 Å². The smallest absolute Gasteiger partial charge is 0.278 e. The van der Waals surface area contributed by atoms with Crippen molar-refractivity contribution in [3.8, 4) is 0 Å². The molecule has 2 fully saturated rings. The minimum Gasteiger partial charge on any atom is -0.278 e. The Morgan fingerprint density at radius 2 is 1.64 bits per heavy atom. The Labute approximate surface area is 195 Å². The van der Waals surface area contributed by atoms with Crippen molar-refractivity contribution in [1.29, 1.82) is 0 Å². The summed E-state index contributed by atoms with van der Waals surface area (Å²) in [6.07, 6.45) is 2.91. The van der Waals surface area contributed by atoms with Crippen molar-refractivity contribution < 1.29 is 21.6 Å². The fraction of sp³-hybridized carbons (Fsp3) is 0.435. The molecule has 0 spiro atoms. The van der Waals surface area contributed by atoms with E-state index in [2.05, 4.69) is 34.5 Å². The van der Waals surface area contributed by atoms with Crippen molar-refractivity contribution in [3.05, 3.63) is 64.3 Å². The van der Waals surface area contributed by atoms with Gasteiger partial charge in [-0.15, -0.1) is 0 Å². The van der Waals surface area contributed by atoms with Gasteiger partial charge in [-0.2, -0.15) is 22.6 Å². The maximum atomic E-state index is 12.9. The van der Waals surface area contributed by atoms with Crippen LogP contribution in [-0.2, 0) is 10.0 Å². The normalized spacial score (nSPS) is 19.8. The number of hydrogen-bond acceptors (Lipinski definition) is 3. The van der Waals surface area contributed by atoms with E-state index in [1.54, 1.807) is 0 Å². The summed E-state index contributed by atoms with van der Waals surface area (Å²) < 4.78 is 62.7. The van der Waals surface area contributed by atoms with E-state index in [1.807, 2.05) is 18.2 Å². The molecule has 1 saturated carbocycles. The molecule has 33 heavy (non-hydrogen) atoms. The third-order valence-electron chi connectivity index (χ3n) is 6.77. The summed E-state index contributed by atoms with van der Waals surface area (Å²) in [5.41, 5.74) is -1.23. The molecule has 1 atom stereocenters. The Morgan fingerprint density at radius 1 is 1.00 bits per heavy atom. The molecule has 10 heteroatoms. The zero-order valence-electron chi connectivity index (χ0n) is 17.6. The molecule has 0 radical (unpaired) electrons. The van der Waals surface area contributed by atoms with Crippen LogP contribution < -0.4 is 0 Å². The number of rotatable bonds is 5. The Morgan fingerprint density at radius 3 is 2.24 bits per heavy atom. The van der Waals surface area contributed by atoms with Crippen LogP contribution in [0.1, 0.15) is 54.3 Å². The first-order valence-electron chi connectivity index (χ1n) is 10.9. The average molecular weight is 498 g/mol. The highest BCUT2D eigenvalue weighted by Gasteiger charge is 2.50. The van der Waals surface area contributed by atoms with Gasteiger partial charge in [0.05, 0.1) is 11.2 Å². The zero-order chi connectivity index (χ0) is 23.4. The van der Waals surface area contributed by atoms with Gasteiger partial charge in [-0.3, -0.25) is 5.10 Å². The van der Waals surface area contributed by atoms with Gasteiger partial charge in [0.15, 0.2) is 0 Å². The van der Waals surface area contributed by atoms with Crippen molar-refractivity contribution >= 4 is 32.5 Å². The number of fused-ring (bicyclic) bond motifs is 1. The van der Waals surface area contributed by atoms with E-state index in [-0.39, 0.29) is 24.9 Å². The lowest BCUT2D eigenvalue weighted by atomic mass is 9.85. The average Bonchev–Trinajstić information content (AvgIpc) is 3.52. The molecular weight excluding hydrogens is 475 g/mol. The molecule has 2 aromatic carbocycles. The maximum Gasteiger partial charge on any atom is 0.511 e. The first-order valence-corrected chi connectivity index (χ1v) is 12.8. The van der Waals surface area contributed by atoms with E-state index in [4.69, 9.17) is 11.6 Å². The van der Waals surface area contributed by atoms with E-state index in [9.17, 15) is 21.6 Å². The first kappa shape index (κ1) is 22.7. The molecule has 0 bridgehead atoms. The van der Waals surface area contributed by atoms with Crippen LogP contribution >= 0.6 is 11.6 Å². The molecule has 176 valence electrons. The van der Waals surface area contributed by atoms with Crippen molar-refractivity contribution in [2.24, 2.45) is 5.92 Å². The number of aromatic amines is 1. The minimum atomic E-state index is -5.29. The van der Waals surface area contributed by atoms with E-state index in [0.29, 0.717) is 28.1 Å². The number of nitrogens with one attached hydrogen (secondary N) is 1. The van der Waals surface area contributed by atoms with E-state index in [1.165, 1.54) is 11.1 Å². The Bertz CT molecular complexity index is 1260. The molecule has 1 saturated heterocycles. The van der Waals surface area contributed by atoms with Gasteiger partial charge in [0, 0.05) is 35.3 Å². The summed E-state index contributed by atoms with van der Waals surface area (Å²) >= 11 is 6.08. The largest absolute Gasteiger partial charge is 0.511 e. The molecule has 2 aliphatic rings. The lowest BCUT2D eigenvalue weighted by Crippen LogP contribution is -2.44. The molecule has 2 heterocycles. The summed E-state index contributed by atoms with van der Waals surface area (Å²) in [5, 5.41) is 9.14. The molecule has 0 amide bonds. The van der Waals surface area contributed by atoms with Crippen LogP contribution in [0.4, 0.5) is 13.2 Å². The van der Waals surface area contributed by atoms with Crippen LogP contribution in [0.25, 0.3) is 10.9 Å². The predicted octanol–water partition coefficient (Wildman–Crippen LogP) is 5.79. The van der Waals surface area contributed by atoms with Gasteiger partial charge in [-0.1, -0.05) is 29.8 Å². The number of alkyl halides is 3.